The van der Waals surface area contributed by atoms with E-state index in [2.05, 4.69) is 19.2 Å². The van der Waals surface area contributed by atoms with E-state index in [1.54, 1.807) is 11.8 Å². The van der Waals surface area contributed by atoms with Gasteiger partial charge in [0.15, 0.2) is 0 Å². The first-order chi connectivity index (χ1) is 9.89. The number of aromatic carboxylic acids is 1. The van der Waals surface area contributed by atoms with Crippen LogP contribution < -0.4 is 5.32 Å². The van der Waals surface area contributed by atoms with Crippen LogP contribution in [0.25, 0.3) is 0 Å². The van der Waals surface area contributed by atoms with Gasteiger partial charge in [-0.2, -0.15) is 11.8 Å². The zero-order valence-electron chi connectivity index (χ0n) is 12.4. The molecule has 21 heavy (non-hydrogen) atoms. The van der Waals surface area contributed by atoms with E-state index in [9.17, 15) is 20.0 Å². The van der Waals surface area contributed by atoms with E-state index in [-0.39, 0.29) is 16.0 Å². The minimum absolute atomic E-state index is 0.0253. The molecule has 0 saturated heterocycles. The molecule has 6 nitrogen and oxygen atoms in total. The number of anilines is 1. The van der Waals surface area contributed by atoms with Crippen molar-refractivity contribution >= 4 is 29.1 Å². The number of non-ortho nitro benzene ring substituents is 1. The Morgan fingerprint density at radius 2 is 2.05 bits per heavy atom. The van der Waals surface area contributed by atoms with Crippen molar-refractivity contribution in [3.05, 3.63) is 33.9 Å². The van der Waals surface area contributed by atoms with Crippen LogP contribution in [0, 0.1) is 10.1 Å². The SMILES string of the molecule is CCC(CC)(CNc1ccc([N+](=O)[O-])cc1C(=O)O)SC. The topological polar surface area (TPSA) is 92.5 Å². The third-order valence-corrected chi connectivity index (χ3v) is 5.35. The molecule has 0 heterocycles. The lowest BCUT2D eigenvalue weighted by atomic mass is 10.0. The largest absolute Gasteiger partial charge is 0.478 e. The highest BCUT2D eigenvalue weighted by molar-refractivity contribution is 8.00. The van der Waals surface area contributed by atoms with Crippen molar-refractivity contribution in [3.8, 4) is 0 Å². The van der Waals surface area contributed by atoms with Crippen LogP contribution in [0.5, 0.6) is 0 Å². The smallest absolute Gasteiger partial charge is 0.338 e. The Bertz CT molecular complexity index is 521. The summed E-state index contributed by atoms with van der Waals surface area (Å²) < 4.78 is 0.0253. The van der Waals surface area contributed by atoms with E-state index in [0.29, 0.717) is 12.2 Å². The number of hydrogen-bond acceptors (Lipinski definition) is 5. The molecule has 7 heteroatoms. The molecule has 0 bridgehead atoms. The highest BCUT2D eigenvalue weighted by Crippen LogP contribution is 2.31. The van der Waals surface area contributed by atoms with Crippen LogP contribution in [0.3, 0.4) is 0 Å². The minimum Gasteiger partial charge on any atom is -0.478 e. The van der Waals surface area contributed by atoms with Crippen molar-refractivity contribution in [3.63, 3.8) is 0 Å². The minimum atomic E-state index is -1.18. The molecule has 2 N–H and O–H groups in total. The first kappa shape index (κ1) is 17.3. The van der Waals surface area contributed by atoms with Gasteiger partial charge in [0.25, 0.3) is 5.69 Å². The Hall–Kier alpha value is -1.76. The van der Waals surface area contributed by atoms with Gasteiger partial charge in [0, 0.05) is 29.1 Å². The molecule has 0 spiro atoms. The van der Waals surface area contributed by atoms with Crippen LogP contribution in [0.4, 0.5) is 11.4 Å². The third-order valence-electron chi connectivity index (χ3n) is 3.77. The third kappa shape index (κ3) is 4.10. The van der Waals surface area contributed by atoms with Gasteiger partial charge >= 0.3 is 5.97 Å². The Labute approximate surface area is 128 Å². The van der Waals surface area contributed by atoms with Crippen LogP contribution in [0.15, 0.2) is 18.2 Å². The number of hydrogen-bond donors (Lipinski definition) is 2. The van der Waals surface area contributed by atoms with Gasteiger partial charge in [0.2, 0.25) is 0 Å². The van der Waals surface area contributed by atoms with Crippen LogP contribution in [0.2, 0.25) is 0 Å². The van der Waals surface area contributed by atoms with Crippen molar-refractivity contribution in [2.75, 3.05) is 18.1 Å². The molecule has 1 aromatic rings. The molecule has 0 radical (unpaired) electrons. The van der Waals surface area contributed by atoms with Crippen LogP contribution in [0.1, 0.15) is 37.0 Å². The molecular weight excluding hydrogens is 292 g/mol. The van der Waals surface area contributed by atoms with E-state index in [1.807, 2.05) is 6.26 Å². The summed E-state index contributed by atoms with van der Waals surface area (Å²) in [6.07, 6.45) is 3.93. The number of nitro groups is 1. The fourth-order valence-corrected chi connectivity index (χ4v) is 2.89. The maximum atomic E-state index is 11.3. The summed E-state index contributed by atoms with van der Waals surface area (Å²) in [5.41, 5.74) is 0.111. The Morgan fingerprint density at radius 3 is 2.48 bits per heavy atom. The summed E-state index contributed by atoms with van der Waals surface area (Å²) >= 11 is 1.74. The number of benzene rings is 1. The summed E-state index contributed by atoms with van der Waals surface area (Å²) in [4.78, 5) is 21.4. The molecule has 0 saturated carbocycles. The molecule has 0 amide bonds. The van der Waals surface area contributed by atoms with Crippen molar-refractivity contribution in [2.45, 2.75) is 31.4 Å². The number of rotatable bonds is 8. The second-order valence-electron chi connectivity index (χ2n) is 4.74. The van der Waals surface area contributed by atoms with Crippen molar-refractivity contribution in [2.24, 2.45) is 0 Å². The standard InChI is InChI=1S/C14H20N2O4S/c1-4-14(5-2,21-3)9-15-12-7-6-10(16(19)20)8-11(12)13(17)18/h6-8,15H,4-5,9H2,1-3H3,(H,17,18). The fourth-order valence-electron chi connectivity index (χ4n) is 2.09. The van der Waals surface area contributed by atoms with Gasteiger partial charge < -0.3 is 10.4 Å². The number of carboxylic acids is 1. The van der Waals surface area contributed by atoms with Crippen molar-refractivity contribution in [1.29, 1.82) is 0 Å². The monoisotopic (exact) mass is 312 g/mol. The van der Waals surface area contributed by atoms with Gasteiger partial charge in [0.05, 0.1) is 10.5 Å². The maximum Gasteiger partial charge on any atom is 0.338 e. The first-order valence-corrected chi connectivity index (χ1v) is 7.92. The highest BCUT2D eigenvalue weighted by atomic mass is 32.2. The van der Waals surface area contributed by atoms with Crippen LogP contribution >= 0.6 is 11.8 Å². The lowest BCUT2D eigenvalue weighted by molar-refractivity contribution is -0.384. The first-order valence-electron chi connectivity index (χ1n) is 6.70. The van der Waals surface area contributed by atoms with Crippen LogP contribution in [-0.2, 0) is 0 Å². The second-order valence-corrected chi connectivity index (χ2v) is 6.01. The maximum absolute atomic E-state index is 11.3. The fraction of sp³-hybridized carbons (Fsp3) is 0.500. The van der Waals surface area contributed by atoms with E-state index in [1.165, 1.54) is 12.1 Å². The predicted octanol–water partition coefficient (Wildman–Crippen LogP) is 3.63. The summed E-state index contributed by atoms with van der Waals surface area (Å²) in [7, 11) is 0. The molecular formula is C14H20N2O4S. The Morgan fingerprint density at radius 1 is 1.43 bits per heavy atom. The van der Waals surface area contributed by atoms with Gasteiger partial charge in [-0.05, 0) is 25.2 Å². The number of carbonyl (C=O) groups is 1. The van der Waals surface area contributed by atoms with Gasteiger partial charge in [-0.25, -0.2) is 4.79 Å². The summed E-state index contributed by atoms with van der Waals surface area (Å²) in [6.45, 7) is 4.80. The average molecular weight is 312 g/mol. The van der Waals surface area contributed by atoms with Gasteiger partial charge in [0.1, 0.15) is 0 Å². The zero-order chi connectivity index (χ0) is 16.0. The van der Waals surface area contributed by atoms with E-state index >= 15 is 0 Å². The lowest BCUT2D eigenvalue weighted by Crippen LogP contribution is -2.32. The van der Waals surface area contributed by atoms with Gasteiger partial charge in [-0.1, -0.05) is 13.8 Å². The summed E-state index contributed by atoms with van der Waals surface area (Å²) in [5, 5.41) is 23.1. The molecule has 0 aliphatic carbocycles. The Kier molecular flexibility index (Phi) is 6.02. The number of nitro benzene ring substituents is 1. The molecule has 0 unspecified atom stereocenters. The highest BCUT2D eigenvalue weighted by Gasteiger charge is 2.25. The molecule has 0 fully saturated rings. The Balaban J connectivity index is 3.03. The van der Waals surface area contributed by atoms with Crippen LogP contribution in [-0.4, -0.2) is 33.5 Å². The van der Waals surface area contributed by atoms with E-state index in [0.717, 1.165) is 18.9 Å². The molecule has 1 aromatic carbocycles. The molecule has 116 valence electrons. The zero-order valence-corrected chi connectivity index (χ0v) is 13.2. The second kappa shape index (κ2) is 7.31. The lowest BCUT2D eigenvalue weighted by Gasteiger charge is -2.30. The average Bonchev–Trinajstić information content (AvgIpc) is 2.49. The van der Waals surface area contributed by atoms with E-state index in [4.69, 9.17) is 0 Å². The molecule has 1 rings (SSSR count). The molecule has 0 aromatic heterocycles. The molecule has 0 aliphatic heterocycles. The number of nitrogens with one attached hydrogen (secondary N) is 1. The summed E-state index contributed by atoms with van der Waals surface area (Å²) in [5.74, 6) is -1.18. The van der Waals surface area contributed by atoms with Gasteiger partial charge in [-0.3, -0.25) is 10.1 Å². The summed E-state index contributed by atoms with van der Waals surface area (Å²) in [6, 6.07) is 3.86. The number of thioether (sulfide) groups is 1. The molecule has 0 atom stereocenters. The van der Waals surface area contributed by atoms with E-state index < -0.39 is 10.9 Å². The van der Waals surface area contributed by atoms with Crippen molar-refractivity contribution in [1.82, 2.24) is 0 Å². The number of carboxylic acid groups (broad SMARTS) is 1. The van der Waals surface area contributed by atoms with Crippen molar-refractivity contribution < 1.29 is 14.8 Å². The quantitative estimate of drug-likeness (QED) is 0.562. The molecule has 0 aliphatic rings. The predicted molar refractivity (Wildman–Crippen MR) is 85.4 cm³/mol. The van der Waals surface area contributed by atoms with Gasteiger partial charge in [-0.15, -0.1) is 0 Å². The number of nitrogens with zero attached hydrogens (tertiary/aromatic N) is 1. The normalized spacial score (nSPS) is 11.2.